The van der Waals surface area contributed by atoms with Gasteiger partial charge in [-0.1, -0.05) is 19.0 Å². The van der Waals surface area contributed by atoms with E-state index in [-0.39, 0.29) is 5.91 Å². The monoisotopic (exact) mass is 389 g/mol. The van der Waals surface area contributed by atoms with Crippen molar-refractivity contribution >= 4 is 22.8 Å². The highest BCUT2D eigenvalue weighted by molar-refractivity contribution is 5.88. The number of aromatic nitrogens is 3. The lowest BCUT2D eigenvalue weighted by Gasteiger charge is -2.36. The maximum Gasteiger partial charge on any atom is 0.263 e. The molecule has 8 nitrogen and oxygen atoms in total. The summed E-state index contributed by atoms with van der Waals surface area (Å²) in [5, 5.41) is 7.87. The maximum atomic E-state index is 12.1. The molecule has 2 aromatic heterocycles. The molecular weight excluding hydrogens is 358 g/mol. The second-order valence-corrected chi connectivity index (χ2v) is 7.96. The third kappa shape index (κ3) is 4.98. The summed E-state index contributed by atoms with van der Waals surface area (Å²) in [5.41, 5.74) is 1.31. The summed E-state index contributed by atoms with van der Waals surface area (Å²) in [5.74, 6) is 2.72. The van der Waals surface area contributed by atoms with E-state index in [1.807, 2.05) is 6.92 Å². The van der Waals surface area contributed by atoms with Gasteiger partial charge in [0.1, 0.15) is 17.0 Å². The molecule has 1 fully saturated rings. The number of carbonyl (C=O) groups is 1. The third-order valence-corrected chi connectivity index (χ3v) is 5.13. The number of piperidine rings is 1. The summed E-state index contributed by atoms with van der Waals surface area (Å²) in [6, 6.07) is 0. The van der Waals surface area contributed by atoms with E-state index in [9.17, 15) is 4.79 Å². The molecule has 1 amide bonds. The second-order valence-electron chi connectivity index (χ2n) is 7.96. The number of rotatable bonds is 8. The number of nitrogens with zero attached hydrogens (tertiary/aromatic N) is 4. The van der Waals surface area contributed by atoms with Gasteiger partial charge in [0.25, 0.3) is 5.71 Å². The molecule has 1 N–H and O–H groups in total. The first-order valence-corrected chi connectivity index (χ1v) is 10.1. The van der Waals surface area contributed by atoms with Crippen molar-refractivity contribution in [2.24, 2.45) is 11.8 Å². The Morgan fingerprint density at radius 3 is 2.75 bits per heavy atom. The van der Waals surface area contributed by atoms with Gasteiger partial charge in [-0.15, -0.1) is 0 Å². The van der Waals surface area contributed by atoms with Crippen LogP contribution >= 0.6 is 0 Å². The van der Waals surface area contributed by atoms with E-state index in [0.29, 0.717) is 49.4 Å². The standard InChI is InChI=1S/C20H31N5O3/c1-13-10-14(2)12-25(11-13)19-18-15(3)24-28-20(18)23-16(22-19)6-7-17(26)21-8-5-9-27-4/h13-14H,5-12H2,1-4H3,(H,21,26)/t13-,14-/m0/s1. The Kier molecular flexibility index (Phi) is 6.83. The number of anilines is 1. The molecular formula is C20H31N5O3. The molecule has 3 rings (SSSR count). The van der Waals surface area contributed by atoms with Crippen LogP contribution in [0.3, 0.4) is 0 Å². The van der Waals surface area contributed by atoms with Crippen LogP contribution < -0.4 is 10.2 Å². The Morgan fingerprint density at radius 1 is 1.29 bits per heavy atom. The first kappa shape index (κ1) is 20.5. The molecule has 0 aromatic carbocycles. The number of carbonyl (C=O) groups excluding carboxylic acids is 1. The number of fused-ring (bicyclic) bond motifs is 1. The number of hydrogen-bond acceptors (Lipinski definition) is 7. The molecule has 0 bridgehead atoms. The zero-order valence-electron chi connectivity index (χ0n) is 17.3. The van der Waals surface area contributed by atoms with Crippen LogP contribution in [0.4, 0.5) is 5.82 Å². The van der Waals surface area contributed by atoms with E-state index in [1.165, 1.54) is 6.42 Å². The molecule has 154 valence electrons. The van der Waals surface area contributed by atoms with Gasteiger partial charge in [-0.3, -0.25) is 4.79 Å². The zero-order valence-corrected chi connectivity index (χ0v) is 17.3. The molecule has 0 unspecified atom stereocenters. The molecule has 3 heterocycles. The molecule has 2 aromatic rings. The van der Waals surface area contributed by atoms with Crippen LogP contribution in [0.1, 0.15) is 44.6 Å². The van der Waals surface area contributed by atoms with Crippen LogP contribution in [0.2, 0.25) is 0 Å². The Bertz CT molecular complexity index is 796. The Balaban J connectivity index is 1.74. The molecule has 0 spiro atoms. The van der Waals surface area contributed by atoms with Gasteiger partial charge in [0.15, 0.2) is 0 Å². The van der Waals surface area contributed by atoms with Gasteiger partial charge in [-0.25, -0.2) is 4.98 Å². The van der Waals surface area contributed by atoms with Crippen molar-refractivity contribution in [3.8, 4) is 0 Å². The Morgan fingerprint density at radius 2 is 2.04 bits per heavy atom. The fraction of sp³-hybridized carbons (Fsp3) is 0.700. The van der Waals surface area contributed by atoms with Gasteiger partial charge >= 0.3 is 0 Å². The highest BCUT2D eigenvalue weighted by atomic mass is 16.5. The first-order valence-electron chi connectivity index (χ1n) is 10.1. The minimum absolute atomic E-state index is 0.00434. The van der Waals surface area contributed by atoms with Gasteiger partial charge in [0.05, 0.1) is 5.69 Å². The predicted octanol–water partition coefficient (Wildman–Crippen LogP) is 2.49. The van der Waals surface area contributed by atoms with Crippen LogP contribution in [0, 0.1) is 18.8 Å². The molecule has 0 radical (unpaired) electrons. The summed E-state index contributed by atoms with van der Waals surface area (Å²) in [7, 11) is 1.65. The predicted molar refractivity (Wildman–Crippen MR) is 107 cm³/mol. The Labute approximate surface area is 166 Å². The zero-order chi connectivity index (χ0) is 20.1. The van der Waals surface area contributed by atoms with Gasteiger partial charge in [0.2, 0.25) is 5.91 Å². The number of nitrogens with one attached hydrogen (secondary N) is 1. The maximum absolute atomic E-state index is 12.1. The van der Waals surface area contributed by atoms with Crippen molar-refractivity contribution in [3.05, 3.63) is 11.5 Å². The molecule has 1 aliphatic heterocycles. The number of amides is 1. The van der Waals surface area contributed by atoms with Crippen LogP contribution in [-0.2, 0) is 16.0 Å². The summed E-state index contributed by atoms with van der Waals surface area (Å²) < 4.78 is 10.4. The average molecular weight is 390 g/mol. The summed E-state index contributed by atoms with van der Waals surface area (Å²) >= 11 is 0. The molecule has 0 saturated carbocycles. The second kappa shape index (κ2) is 9.32. The number of hydrogen-bond donors (Lipinski definition) is 1. The SMILES string of the molecule is COCCCNC(=O)CCc1nc(N2C[C@@H](C)C[C@H](C)C2)c2c(C)noc2n1. The van der Waals surface area contributed by atoms with Crippen molar-refractivity contribution in [1.82, 2.24) is 20.4 Å². The molecule has 8 heteroatoms. The summed E-state index contributed by atoms with van der Waals surface area (Å²) in [6.07, 6.45) is 2.84. The van der Waals surface area contributed by atoms with Crippen LogP contribution in [0.15, 0.2) is 4.52 Å². The summed E-state index contributed by atoms with van der Waals surface area (Å²) in [4.78, 5) is 23.7. The Hall–Kier alpha value is -2.22. The number of ether oxygens (including phenoxy) is 1. The molecule has 1 saturated heterocycles. The van der Waals surface area contributed by atoms with E-state index in [2.05, 4.69) is 34.2 Å². The minimum atomic E-state index is -0.00434. The number of aryl methyl sites for hydroxylation is 2. The van der Waals surface area contributed by atoms with Crippen LogP contribution in [-0.4, -0.2) is 54.4 Å². The quantitative estimate of drug-likeness (QED) is 0.693. The van der Waals surface area contributed by atoms with Gasteiger partial charge in [-0.05, 0) is 31.6 Å². The fourth-order valence-corrected chi connectivity index (χ4v) is 3.95. The van der Waals surface area contributed by atoms with Crippen LogP contribution in [0.5, 0.6) is 0 Å². The van der Waals surface area contributed by atoms with E-state index in [1.54, 1.807) is 7.11 Å². The summed E-state index contributed by atoms with van der Waals surface area (Å²) in [6.45, 7) is 9.64. The average Bonchev–Trinajstić information content (AvgIpc) is 3.03. The van der Waals surface area contributed by atoms with Gasteiger partial charge < -0.3 is 19.5 Å². The van der Waals surface area contributed by atoms with Crippen molar-refractivity contribution in [1.29, 1.82) is 0 Å². The molecule has 0 aliphatic carbocycles. The first-order chi connectivity index (χ1) is 13.5. The van der Waals surface area contributed by atoms with Crippen molar-refractivity contribution < 1.29 is 14.1 Å². The molecule has 1 aliphatic rings. The van der Waals surface area contributed by atoms with Crippen molar-refractivity contribution in [2.75, 3.05) is 38.3 Å². The van der Waals surface area contributed by atoms with E-state index >= 15 is 0 Å². The van der Waals surface area contributed by atoms with Gasteiger partial charge in [-0.2, -0.15) is 4.98 Å². The smallest absolute Gasteiger partial charge is 0.263 e. The number of methoxy groups -OCH3 is 1. The van der Waals surface area contributed by atoms with Crippen molar-refractivity contribution in [3.63, 3.8) is 0 Å². The molecule has 28 heavy (non-hydrogen) atoms. The van der Waals surface area contributed by atoms with Crippen molar-refractivity contribution in [2.45, 2.75) is 46.5 Å². The lowest BCUT2D eigenvalue weighted by molar-refractivity contribution is -0.121. The van der Waals surface area contributed by atoms with Crippen LogP contribution in [0.25, 0.3) is 11.1 Å². The van der Waals surface area contributed by atoms with E-state index in [4.69, 9.17) is 14.2 Å². The highest BCUT2D eigenvalue weighted by Gasteiger charge is 2.27. The van der Waals surface area contributed by atoms with E-state index < -0.39 is 0 Å². The fourth-order valence-electron chi connectivity index (χ4n) is 3.95. The third-order valence-electron chi connectivity index (χ3n) is 5.13. The lowest BCUT2D eigenvalue weighted by Crippen LogP contribution is -2.39. The minimum Gasteiger partial charge on any atom is -0.385 e. The molecule has 2 atom stereocenters. The topological polar surface area (TPSA) is 93.4 Å². The highest BCUT2D eigenvalue weighted by Crippen LogP contribution is 2.31. The largest absolute Gasteiger partial charge is 0.385 e. The van der Waals surface area contributed by atoms with E-state index in [0.717, 1.165) is 36.4 Å². The van der Waals surface area contributed by atoms with Gasteiger partial charge in [0, 0.05) is 46.2 Å². The normalized spacial score (nSPS) is 19.9. The lowest BCUT2D eigenvalue weighted by atomic mass is 9.92.